The number of halogens is 5. The van der Waals surface area contributed by atoms with E-state index in [1.807, 2.05) is 0 Å². The van der Waals surface area contributed by atoms with Gasteiger partial charge in [0.25, 0.3) is 5.56 Å². The number of hydrogen-bond acceptors (Lipinski definition) is 4. The van der Waals surface area contributed by atoms with Gasteiger partial charge in [-0.3, -0.25) is 14.2 Å². The van der Waals surface area contributed by atoms with Gasteiger partial charge >= 0.3 is 11.9 Å². The molecular weight excluding hydrogens is 448 g/mol. The third kappa shape index (κ3) is 4.49. The van der Waals surface area contributed by atoms with Crippen LogP contribution in [0.25, 0.3) is 5.69 Å². The van der Waals surface area contributed by atoms with E-state index in [2.05, 4.69) is 0 Å². The first kappa shape index (κ1) is 24.2. The number of Topliss-reactive ketones (excluding diaryl/α,β-unsaturated/α-hetero) is 1. The minimum Gasteiger partial charge on any atom is -0.299 e. The van der Waals surface area contributed by atoms with Crippen molar-refractivity contribution in [2.45, 2.75) is 44.0 Å². The lowest BCUT2D eigenvalue weighted by atomic mass is 10.1. The molecule has 2 rings (SSSR count). The third-order valence-electron chi connectivity index (χ3n) is 4.46. The monoisotopic (exact) mass is 466 g/mol. The van der Waals surface area contributed by atoms with Crippen LogP contribution in [0.2, 0.25) is 5.02 Å². The number of alkyl halides is 3. The van der Waals surface area contributed by atoms with Crippen molar-refractivity contribution in [3.8, 4) is 5.69 Å². The van der Waals surface area contributed by atoms with E-state index >= 15 is 0 Å². The molecule has 0 aliphatic rings. The van der Waals surface area contributed by atoms with Crippen LogP contribution in [-0.2, 0) is 18.0 Å². The highest BCUT2D eigenvalue weighted by atomic mass is 35.5. The van der Waals surface area contributed by atoms with E-state index in [-0.39, 0.29) is 26.2 Å². The summed E-state index contributed by atoms with van der Waals surface area (Å²) >= 11 is 7.10. The molecule has 1 unspecified atom stereocenters. The number of ketones is 1. The molecule has 5 nitrogen and oxygen atoms in total. The third-order valence-corrected chi connectivity index (χ3v) is 6.61. The molecule has 2 aromatic rings. The first-order valence-corrected chi connectivity index (χ1v) is 10.0. The average Bonchev–Trinajstić information content (AvgIpc) is 2.59. The lowest BCUT2D eigenvalue weighted by Gasteiger charge is -2.20. The van der Waals surface area contributed by atoms with E-state index < -0.39 is 45.4 Å². The highest BCUT2D eigenvalue weighted by Gasteiger charge is 2.38. The Morgan fingerprint density at radius 2 is 1.77 bits per heavy atom. The second-order valence-electron chi connectivity index (χ2n) is 7.08. The summed E-state index contributed by atoms with van der Waals surface area (Å²) in [5, 5.41) is -0.587. The fourth-order valence-electron chi connectivity index (χ4n) is 3.07. The average molecular weight is 467 g/mol. The Balaban J connectivity index is 2.79. The molecule has 0 spiro atoms. The number of carbonyl (C=O) groups excluding carboxylic acids is 1. The van der Waals surface area contributed by atoms with Crippen LogP contribution in [0, 0.1) is 18.7 Å². The van der Waals surface area contributed by atoms with Crippen molar-refractivity contribution in [3.63, 3.8) is 0 Å². The number of rotatable bonds is 5. The maximum Gasteiger partial charge on any atom is 0.432 e. The molecule has 0 saturated heterocycles. The molecular formula is C19H19ClF4N2O3S. The highest BCUT2D eigenvalue weighted by molar-refractivity contribution is 8.00. The van der Waals surface area contributed by atoms with Crippen molar-refractivity contribution in [1.82, 2.24) is 9.13 Å². The van der Waals surface area contributed by atoms with Crippen molar-refractivity contribution in [2.24, 2.45) is 13.0 Å². The Hall–Kier alpha value is -2.07. The van der Waals surface area contributed by atoms with Crippen LogP contribution in [0.4, 0.5) is 17.6 Å². The maximum atomic E-state index is 14.6. The highest BCUT2D eigenvalue weighted by Crippen LogP contribution is 2.36. The lowest BCUT2D eigenvalue weighted by molar-refractivity contribution is -0.144. The first-order chi connectivity index (χ1) is 13.7. The SMILES string of the molecule is CC(=O)C(Sc1cc(-n2c(=O)c(C)c(C(F)(F)F)n(C)c2=O)c(F)cc1Cl)C(C)C. The van der Waals surface area contributed by atoms with Gasteiger partial charge in [0.05, 0.1) is 16.0 Å². The van der Waals surface area contributed by atoms with Crippen molar-refractivity contribution in [1.29, 1.82) is 0 Å². The summed E-state index contributed by atoms with van der Waals surface area (Å²) < 4.78 is 55.0. The van der Waals surface area contributed by atoms with Gasteiger partial charge in [0.1, 0.15) is 17.3 Å². The molecule has 1 aromatic carbocycles. The summed E-state index contributed by atoms with van der Waals surface area (Å²) in [6.45, 7) is 5.90. The predicted octanol–water partition coefficient (Wildman–Crippen LogP) is 4.36. The normalized spacial score (nSPS) is 13.0. The van der Waals surface area contributed by atoms with Gasteiger partial charge in [-0.25, -0.2) is 13.8 Å². The maximum absolute atomic E-state index is 14.6. The molecule has 30 heavy (non-hydrogen) atoms. The molecule has 0 fully saturated rings. The summed E-state index contributed by atoms with van der Waals surface area (Å²) in [4.78, 5) is 37.3. The minimum atomic E-state index is -4.94. The second-order valence-corrected chi connectivity index (χ2v) is 8.67. The topological polar surface area (TPSA) is 61.1 Å². The largest absolute Gasteiger partial charge is 0.432 e. The molecule has 1 heterocycles. The van der Waals surface area contributed by atoms with Crippen molar-refractivity contribution in [3.05, 3.63) is 55.1 Å². The van der Waals surface area contributed by atoms with E-state index in [0.29, 0.717) is 4.57 Å². The predicted molar refractivity (Wildman–Crippen MR) is 107 cm³/mol. The van der Waals surface area contributed by atoms with Gasteiger partial charge in [0.15, 0.2) is 0 Å². The molecule has 1 aromatic heterocycles. The number of aromatic nitrogens is 2. The van der Waals surface area contributed by atoms with Crippen LogP contribution in [0.1, 0.15) is 32.0 Å². The summed E-state index contributed by atoms with van der Waals surface area (Å²) in [6.07, 6.45) is -4.94. The zero-order valence-electron chi connectivity index (χ0n) is 16.7. The van der Waals surface area contributed by atoms with Crippen LogP contribution in [-0.4, -0.2) is 20.2 Å². The molecule has 0 aliphatic carbocycles. The fraction of sp³-hybridized carbons (Fsp3) is 0.421. The molecule has 1 atom stereocenters. The van der Waals surface area contributed by atoms with Gasteiger partial charge in [-0.05, 0) is 31.9 Å². The number of nitrogens with zero attached hydrogens (tertiary/aromatic N) is 2. The van der Waals surface area contributed by atoms with E-state index in [0.717, 1.165) is 37.9 Å². The van der Waals surface area contributed by atoms with E-state index in [9.17, 15) is 31.9 Å². The Morgan fingerprint density at radius 1 is 1.20 bits per heavy atom. The van der Waals surface area contributed by atoms with Crippen LogP contribution in [0.5, 0.6) is 0 Å². The second kappa shape index (κ2) is 8.58. The molecule has 0 amide bonds. The van der Waals surface area contributed by atoms with Crippen LogP contribution in [0.15, 0.2) is 26.6 Å². The van der Waals surface area contributed by atoms with Crippen molar-refractivity contribution < 1.29 is 22.4 Å². The fourth-order valence-corrected chi connectivity index (χ4v) is 4.42. The van der Waals surface area contributed by atoms with Gasteiger partial charge in [0, 0.05) is 17.5 Å². The molecule has 0 radical (unpaired) electrons. The number of carbonyl (C=O) groups is 1. The van der Waals surface area contributed by atoms with Gasteiger partial charge in [-0.2, -0.15) is 13.2 Å². The number of benzene rings is 1. The van der Waals surface area contributed by atoms with Gasteiger partial charge in [-0.1, -0.05) is 25.4 Å². The summed E-state index contributed by atoms with van der Waals surface area (Å²) in [5.41, 5.74) is -5.36. The Kier molecular flexibility index (Phi) is 6.92. The van der Waals surface area contributed by atoms with E-state index in [1.165, 1.54) is 6.92 Å². The van der Waals surface area contributed by atoms with Gasteiger partial charge in [0.2, 0.25) is 0 Å². The molecule has 0 saturated carbocycles. The number of hydrogen-bond donors (Lipinski definition) is 0. The van der Waals surface area contributed by atoms with E-state index in [4.69, 9.17) is 11.6 Å². The van der Waals surface area contributed by atoms with E-state index in [1.54, 1.807) is 13.8 Å². The molecule has 0 aliphatic heterocycles. The lowest BCUT2D eigenvalue weighted by Crippen LogP contribution is -2.43. The zero-order chi connectivity index (χ0) is 23.1. The molecule has 164 valence electrons. The van der Waals surface area contributed by atoms with Crippen LogP contribution >= 0.6 is 23.4 Å². The van der Waals surface area contributed by atoms with Gasteiger partial charge in [-0.15, -0.1) is 11.8 Å². The standard InChI is InChI=1S/C19H19ClF4N2O3S/c1-8(2)15(10(4)27)30-14-7-13(12(21)6-11(14)20)26-17(28)9(3)16(19(22,23)24)25(5)18(26)29/h6-8,15H,1-5H3. The zero-order valence-corrected chi connectivity index (χ0v) is 18.3. The van der Waals surface area contributed by atoms with Crippen molar-refractivity contribution in [2.75, 3.05) is 0 Å². The van der Waals surface area contributed by atoms with Crippen LogP contribution in [0.3, 0.4) is 0 Å². The summed E-state index contributed by atoms with van der Waals surface area (Å²) in [6, 6.07) is 1.95. The Morgan fingerprint density at radius 3 is 2.23 bits per heavy atom. The van der Waals surface area contributed by atoms with Gasteiger partial charge < -0.3 is 0 Å². The summed E-state index contributed by atoms with van der Waals surface area (Å²) in [5.74, 6) is -1.32. The number of thioether (sulfide) groups is 1. The molecule has 0 N–H and O–H groups in total. The molecule has 0 bridgehead atoms. The Labute approximate surface area is 178 Å². The molecule has 11 heteroatoms. The summed E-state index contributed by atoms with van der Waals surface area (Å²) in [7, 11) is 0.849. The van der Waals surface area contributed by atoms with Crippen molar-refractivity contribution >= 4 is 29.1 Å². The minimum absolute atomic E-state index is 0.0540. The Bertz CT molecular complexity index is 1090. The quantitative estimate of drug-likeness (QED) is 0.485. The smallest absolute Gasteiger partial charge is 0.299 e. The first-order valence-electron chi connectivity index (χ1n) is 8.74. The van der Waals surface area contributed by atoms with Crippen LogP contribution < -0.4 is 11.2 Å².